The second kappa shape index (κ2) is 7.85. The van der Waals surface area contributed by atoms with Crippen LogP contribution in [0.3, 0.4) is 0 Å². The molecule has 1 aromatic rings. The second-order valence-corrected chi connectivity index (χ2v) is 5.51. The number of hydrogen-bond donors (Lipinski definition) is 4. The molecule has 4 N–H and O–H groups in total. The average molecular weight is 326 g/mol. The Hall–Kier alpha value is -1.51. The third kappa shape index (κ3) is 3.88. The van der Waals surface area contributed by atoms with Gasteiger partial charge in [-0.05, 0) is 12.0 Å². The summed E-state index contributed by atoms with van der Waals surface area (Å²) in [7, 11) is 0. The lowest BCUT2D eigenvalue weighted by Crippen LogP contribution is -2.40. The van der Waals surface area contributed by atoms with Gasteiger partial charge >= 0.3 is 5.97 Å². The van der Waals surface area contributed by atoms with Crippen molar-refractivity contribution in [3.05, 3.63) is 35.9 Å². The monoisotopic (exact) mass is 326 g/mol. The maximum absolute atomic E-state index is 12.3. The van der Waals surface area contributed by atoms with Gasteiger partial charge in [-0.3, -0.25) is 4.79 Å². The molecule has 1 unspecified atom stereocenters. The summed E-state index contributed by atoms with van der Waals surface area (Å²) in [6.45, 7) is 1.19. The van der Waals surface area contributed by atoms with Gasteiger partial charge in [0, 0.05) is 0 Å². The Morgan fingerprint density at radius 2 is 1.91 bits per heavy atom. The first-order valence-corrected chi connectivity index (χ1v) is 7.55. The molecule has 0 spiro atoms. The fraction of sp³-hybridized carbons (Fsp3) is 0.562. The standard InChI is InChI=1S/C16H22O7/c1-2-10(9-6-4-3-5-7-9)15(21)23-16-13(20)12(19)14(22-16)11(18)8-17/h3-7,10-14,16-20H,2,8H2,1H3/t10?,11-,12+,13-,14+,16+/m0/s1. The third-order valence-corrected chi connectivity index (χ3v) is 3.95. The van der Waals surface area contributed by atoms with Gasteiger partial charge in [-0.1, -0.05) is 37.3 Å². The molecule has 2 rings (SSSR count). The summed E-state index contributed by atoms with van der Waals surface area (Å²) in [6, 6.07) is 9.05. The first-order valence-electron chi connectivity index (χ1n) is 7.55. The molecule has 1 aromatic carbocycles. The van der Waals surface area contributed by atoms with Crippen molar-refractivity contribution in [3.63, 3.8) is 0 Å². The van der Waals surface area contributed by atoms with E-state index in [-0.39, 0.29) is 0 Å². The predicted molar refractivity (Wildman–Crippen MR) is 79.3 cm³/mol. The molecular weight excluding hydrogens is 304 g/mol. The van der Waals surface area contributed by atoms with Gasteiger partial charge in [0.05, 0.1) is 12.5 Å². The number of rotatable bonds is 6. The van der Waals surface area contributed by atoms with Crippen LogP contribution in [0.1, 0.15) is 24.8 Å². The van der Waals surface area contributed by atoms with E-state index in [0.29, 0.717) is 6.42 Å². The van der Waals surface area contributed by atoms with Crippen molar-refractivity contribution in [2.24, 2.45) is 0 Å². The largest absolute Gasteiger partial charge is 0.432 e. The minimum Gasteiger partial charge on any atom is -0.432 e. The lowest BCUT2D eigenvalue weighted by atomic mass is 9.97. The predicted octanol–water partition coefficient (Wildman–Crippen LogP) is -0.477. The Balaban J connectivity index is 2.05. The summed E-state index contributed by atoms with van der Waals surface area (Å²) in [5, 5.41) is 38.2. The zero-order chi connectivity index (χ0) is 17.0. The van der Waals surface area contributed by atoms with Crippen LogP contribution in [0.25, 0.3) is 0 Å². The molecule has 23 heavy (non-hydrogen) atoms. The van der Waals surface area contributed by atoms with Crippen LogP contribution < -0.4 is 0 Å². The molecule has 1 fully saturated rings. The Morgan fingerprint density at radius 3 is 2.48 bits per heavy atom. The van der Waals surface area contributed by atoms with Crippen molar-refractivity contribution in [1.29, 1.82) is 0 Å². The summed E-state index contributed by atoms with van der Waals surface area (Å²) in [4.78, 5) is 12.3. The molecule has 1 saturated heterocycles. The van der Waals surface area contributed by atoms with Gasteiger partial charge < -0.3 is 29.9 Å². The van der Waals surface area contributed by atoms with Crippen molar-refractivity contribution >= 4 is 5.97 Å². The zero-order valence-electron chi connectivity index (χ0n) is 12.8. The molecule has 7 heteroatoms. The van der Waals surface area contributed by atoms with E-state index in [1.165, 1.54) is 0 Å². The zero-order valence-corrected chi connectivity index (χ0v) is 12.8. The SMILES string of the molecule is CCC(C(=O)O[C@H]1O[C@H]([C@@H](O)CO)[C@H](O)[C@@H]1O)c1ccccc1. The highest BCUT2D eigenvalue weighted by Gasteiger charge is 2.48. The van der Waals surface area contributed by atoms with Gasteiger partial charge in [0.25, 0.3) is 0 Å². The maximum atomic E-state index is 12.3. The molecule has 128 valence electrons. The Bertz CT molecular complexity index is 506. The smallest absolute Gasteiger partial charge is 0.315 e. The Labute approximate surface area is 134 Å². The van der Waals surface area contributed by atoms with E-state index in [2.05, 4.69) is 0 Å². The molecule has 7 nitrogen and oxygen atoms in total. The van der Waals surface area contributed by atoms with E-state index in [1.54, 1.807) is 12.1 Å². The fourth-order valence-corrected chi connectivity index (χ4v) is 2.61. The van der Waals surface area contributed by atoms with Crippen molar-refractivity contribution < 1.29 is 34.7 Å². The lowest BCUT2D eigenvalue weighted by molar-refractivity contribution is -0.196. The molecule has 0 aliphatic carbocycles. The number of esters is 1. The highest BCUT2D eigenvalue weighted by Crippen LogP contribution is 2.28. The summed E-state index contributed by atoms with van der Waals surface area (Å²) in [5.74, 6) is -1.11. The van der Waals surface area contributed by atoms with Crippen LogP contribution in [0.2, 0.25) is 0 Å². The van der Waals surface area contributed by atoms with Crippen LogP contribution in [-0.2, 0) is 14.3 Å². The van der Waals surface area contributed by atoms with Gasteiger partial charge in [-0.15, -0.1) is 0 Å². The quantitative estimate of drug-likeness (QED) is 0.522. The Kier molecular flexibility index (Phi) is 6.09. The van der Waals surface area contributed by atoms with Gasteiger partial charge in [0.1, 0.15) is 24.4 Å². The highest BCUT2D eigenvalue weighted by molar-refractivity contribution is 5.78. The normalized spacial score (nSPS) is 30.0. The molecule has 0 saturated carbocycles. The summed E-state index contributed by atoms with van der Waals surface area (Å²) < 4.78 is 10.3. The maximum Gasteiger partial charge on any atom is 0.315 e. The number of benzene rings is 1. The Morgan fingerprint density at radius 1 is 1.26 bits per heavy atom. The van der Waals surface area contributed by atoms with E-state index in [4.69, 9.17) is 14.6 Å². The molecule has 1 heterocycles. The fourth-order valence-electron chi connectivity index (χ4n) is 2.61. The molecule has 0 radical (unpaired) electrons. The van der Waals surface area contributed by atoms with E-state index in [0.717, 1.165) is 5.56 Å². The van der Waals surface area contributed by atoms with Gasteiger partial charge in [0.15, 0.2) is 0 Å². The van der Waals surface area contributed by atoms with Crippen molar-refractivity contribution in [2.45, 2.75) is 50.0 Å². The van der Waals surface area contributed by atoms with Crippen molar-refractivity contribution in [2.75, 3.05) is 6.61 Å². The third-order valence-electron chi connectivity index (χ3n) is 3.95. The molecule has 1 aliphatic heterocycles. The topological polar surface area (TPSA) is 116 Å². The first kappa shape index (κ1) is 17.8. The molecule has 0 aromatic heterocycles. The van der Waals surface area contributed by atoms with Crippen LogP contribution in [0.15, 0.2) is 30.3 Å². The van der Waals surface area contributed by atoms with Crippen LogP contribution in [0.5, 0.6) is 0 Å². The average Bonchev–Trinajstić information content (AvgIpc) is 2.84. The molecule has 0 amide bonds. The minimum atomic E-state index is -1.49. The molecule has 1 aliphatic rings. The van der Waals surface area contributed by atoms with E-state index >= 15 is 0 Å². The number of aliphatic hydroxyl groups is 4. The highest BCUT2D eigenvalue weighted by atomic mass is 16.7. The second-order valence-electron chi connectivity index (χ2n) is 5.51. The molecule has 6 atom stereocenters. The summed E-state index contributed by atoms with van der Waals surface area (Å²) in [6.07, 6.45) is -6.42. The number of hydrogen-bond acceptors (Lipinski definition) is 7. The van der Waals surface area contributed by atoms with Gasteiger partial charge in [0.2, 0.25) is 6.29 Å². The molecular formula is C16H22O7. The number of carbonyl (C=O) groups excluding carboxylic acids is 1. The van der Waals surface area contributed by atoms with E-state index < -0.39 is 49.2 Å². The van der Waals surface area contributed by atoms with Crippen LogP contribution in [-0.4, -0.2) is 63.7 Å². The van der Waals surface area contributed by atoms with Crippen molar-refractivity contribution in [3.8, 4) is 0 Å². The number of aliphatic hydroxyl groups excluding tert-OH is 4. The van der Waals surface area contributed by atoms with Crippen LogP contribution in [0.4, 0.5) is 0 Å². The van der Waals surface area contributed by atoms with E-state index in [9.17, 15) is 20.1 Å². The number of carbonyl (C=O) groups is 1. The minimum absolute atomic E-state index is 0.497. The van der Waals surface area contributed by atoms with Crippen molar-refractivity contribution in [1.82, 2.24) is 0 Å². The van der Waals surface area contributed by atoms with Gasteiger partial charge in [-0.2, -0.15) is 0 Å². The first-order chi connectivity index (χ1) is 11.0. The number of ether oxygens (including phenoxy) is 2. The van der Waals surface area contributed by atoms with Crippen LogP contribution in [0, 0.1) is 0 Å². The van der Waals surface area contributed by atoms with Crippen LogP contribution >= 0.6 is 0 Å². The summed E-state index contributed by atoms with van der Waals surface area (Å²) in [5.41, 5.74) is 0.778. The van der Waals surface area contributed by atoms with Gasteiger partial charge in [-0.25, -0.2) is 0 Å². The lowest BCUT2D eigenvalue weighted by Gasteiger charge is -2.20. The van der Waals surface area contributed by atoms with E-state index in [1.807, 2.05) is 25.1 Å². The molecule has 0 bridgehead atoms. The summed E-state index contributed by atoms with van der Waals surface area (Å²) >= 11 is 0.